The molecule has 1 saturated heterocycles. The highest BCUT2D eigenvalue weighted by atomic mass is 32.1. The normalized spacial score (nSPS) is 20.1. The van der Waals surface area contributed by atoms with Crippen molar-refractivity contribution < 1.29 is 4.90 Å². The fourth-order valence-electron chi connectivity index (χ4n) is 1.78. The first-order valence-corrected chi connectivity index (χ1v) is 6.47. The number of rotatable bonds is 3. The van der Waals surface area contributed by atoms with Crippen molar-refractivity contribution >= 4 is 17.3 Å². The van der Waals surface area contributed by atoms with Crippen LogP contribution in [0.1, 0.15) is 27.2 Å². The predicted molar refractivity (Wildman–Crippen MR) is 68.3 cm³/mol. The molecule has 88 valence electrons. The molecular weight excluding hydrogens is 206 g/mol. The molecule has 3 nitrogen and oxygen atoms in total. The fourth-order valence-corrected chi connectivity index (χ4v) is 2.17. The third kappa shape index (κ3) is 3.95. The Kier molecular flexibility index (Phi) is 5.32. The van der Waals surface area contributed by atoms with E-state index in [2.05, 4.69) is 31.0 Å². The zero-order valence-electron chi connectivity index (χ0n) is 10.2. The maximum absolute atomic E-state index is 5.40. The van der Waals surface area contributed by atoms with Crippen LogP contribution >= 0.6 is 12.2 Å². The van der Waals surface area contributed by atoms with Gasteiger partial charge in [0.1, 0.15) is 0 Å². The van der Waals surface area contributed by atoms with Crippen molar-refractivity contribution in [2.45, 2.75) is 33.2 Å². The van der Waals surface area contributed by atoms with E-state index >= 15 is 0 Å². The summed E-state index contributed by atoms with van der Waals surface area (Å²) in [6, 6.07) is 0.494. The van der Waals surface area contributed by atoms with Gasteiger partial charge in [0.2, 0.25) is 0 Å². The third-order valence-electron chi connectivity index (χ3n) is 3.24. The first kappa shape index (κ1) is 12.7. The number of piperazine rings is 1. The van der Waals surface area contributed by atoms with E-state index < -0.39 is 0 Å². The molecule has 1 aliphatic rings. The molecule has 15 heavy (non-hydrogen) atoms. The topological polar surface area (TPSA) is 19.7 Å². The van der Waals surface area contributed by atoms with Crippen molar-refractivity contribution in [2.24, 2.45) is 0 Å². The summed E-state index contributed by atoms with van der Waals surface area (Å²) >= 11 is 5.40. The van der Waals surface area contributed by atoms with Gasteiger partial charge in [-0.1, -0.05) is 6.92 Å². The monoisotopic (exact) mass is 230 g/mol. The predicted octanol–water partition coefficient (Wildman–Crippen LogP) is -0.120. The van der Waals surface area contributed by atoms with Crippen LogP contribution in [-0.2, 0) is 0 Å². The van der Waals surface area contributed by atoms with Crippen LogP contribution in [0.5, 0.6) is 0 Å². The van der Waals surface area contributed by atoms with Crippen LogP contribution in [0.4, 0.5) is 0 Å². The number of thiocarbonyl (C=S) groups is 1. The van der Waals surface area contributed by atoms with Crippen LogP contribution in [0.25, 0.3) is 0 Å². The second kappa shape index (κ2) is 6.28. The van der Waals surface area contributed by atoms with E-state index in [0.717, 1.165) is 24.6 Å². The molecule has 1 rings (SSSR count). The first-order valence-electron chi connectivity index (χ1n) is 6.06. The lowest BCUT2D eigenvalue weighted by atomic mass is 10.2. The second-order valence-corrected chi connectivity index (χ2v) is 4.74. The van der Waals surface area contributed by atoms with E-state index in [1.807, 2.05) is 0 Å². The molecule has 0 radical (unpaired) electrons. The lowest BCUT2D eigenvalue weighted by Gasteiger charge is -2.34. The van der Waals surface area contributed by atoms with Crippen molar-refractivity contribution in [2.75, 3.05) is 32.7 Å². The maximum Gasteiger partial charge on any atom is 0.169 e. The molecule has 2 N–H and O–H groups in total. The number of quaternary nitrogens is 1. The van der Waals surface area contributed by atoms with Crippen LogP contribution in [0, 0.1) is 0 Å². The Morgan fingerprint density at radius 3 is 2.47 bits per heavy atom. The van der Waals surface area contributed by atoms with Crippen LogP contribution in [0.15, 0.2) is 0 Å². The van der Waals surface area contributed by atoms with Gasteiger partial charge in [0.15, 0.2) is 5.11 Å². The Labute approximate surface area is 98.8 Å². The van der Waals surface area contributed by atoms with Gasteiger partial charge in [-0.3, -0.25) is 0 Å². The minimum Gasteiger partial charge on any atom is -0.360 e. The van der Waals surface area contributed by atoms with E-state index in [-0.39, 0.29) is 0 Å². The minimum atomic E-state index is 0.494. The summed E-state index contributed by atoms with van der Waals surface area (Å²) in [5, 5.41) is 4.32. The molecule has 0 unspecified atom stereocenters. The van der Waals surface area contributed by atoms with Gasteiger partial charge in [-0.25, -0.2) is 0 Å². The molecule has 0 aromatic rings. The molecule has 0 saturated carbocycles. The molecule has 4 heteroatoms. The van der Waals surface area contributed by atoms with Gasteiger partial charge in [0.25, 0.3) is 0 Å². The van der Waals surface area contributed by atoms with Gasteiger partial charge in [-0.05, 0) is 32.5 Å². The molecule has 0 aliphatic carbocycles. The Hall–Kier alpha value is -0.350. The van der Waals surface area contributed by atoms with Crippen molar-refractivity contribution in [1.29, 1.82) is 0 Å². The molecule has 0 aromatic carbocycles. The van der Waals surface area contributed by atoms with Crippen LogP contribution in [-0.4, -0.2) is 48.8 Å². The first-order chi connectivity index (χ1) is 7.17. The van der Waals surface area contributed by atoms with E-state index in [4.69, 9.17) is 12.2 Å². The van der Waals surface area contributed by atoms with E-state index in [0.29, 0.717) is 6.04 Å². The number of likely N-dealkylation sites (N-methyl/N-ethyl adjacent to an activating group) is 1. The number of nitrogens with zero attached hydrogens (tertiary/aromatic N) is 1. The van der Waals surface area contributed by atoms with Crippen molar-refractivity contribution in [3.8, 4) is 0 Å². The zero-order valence-corrected chi connectivity index (χ0v) is 11.0. The summed E-state index contributed by atoms with van der Waals surface area (Å²) in [4.78, 5) is 4.00. The van der Waals surface area contributed by atoms with Crippen molar-refractivity contribution in [3.63, 3.8) is 0 Å². The zero-order chi connectivity index (χ0) is 11.3. The minimum absolute atomic E-state index is 0.494. The Morgan fingerprint density at radius 2 is 2.00 bits per heavy atom. The smallest absolute Gasteiger partial charge is 0.169 e. The molecule has 0 bridgehead atoms. The highest BCUT2D eigenvalue weighted by Crippen LogP contribution is 1.95. The van der Waals surface area contributed by atoms with E-state index in [1.165, 1.54) is 19.6 Å². The lowest BCUT2D eigenvalue weighted by molar-refractivity contribution is -0.902. The molecule has 0 aromatic heterocycles. The summed E-state index contributed by atoms with van der Waals surface area (Å²) in [5.41, 5.74) is 0. The summed E-state index contributed by atoms with van der Waals surface area (Å²) in [6.07, 6.45) is 1.13. The lowest BCUT2D eigenvalue weighted by Crippen LogP contribution is -3.14. The Morgan fingerprint density at radius 1 is 1.40 bits per heavy atom. The molecule has 1 aliphatic heterocycles. The molecule has 0 spiro atoms. The van der Waals surface area contributed by atoms with E-state index in [1.54, 1.807) is 4.90 Å². The fraction of sp³-hybridized carbons (Fsp3) is 0.909. The average Bonchev–Trinajstić information content (AvgIpc) is 2.29. The number of nitrogens with one attached hydrogen (secondary N) is 2. The van der Waals surface area contributed by atoms with Crippen LogP contribution in [0.3, 0.4) is 0 Å². The standard InChI is InChI=1S/C11H23N3S/c1-4-10(3)12-11(15)14-8-6-13(5-2)7-9-14/h10H,4-9H2,1-3H3,(H,12,15)/p+1/t10-/m0/s1. The third-order valence-corrected chi connectivity index (χ3v) is 3.62. The maximum atomic E-state index is 5.40. The van der Waals surface area contributed by atoms with Gasteiger partial charge in [0, 0.05) is 6.04 Å². The van der Waals surface area contributed by atoms with Gasteiger partial charge in [-0.2, -0.15) is 0 Å². The Bertz CT molecular complexity index is 200. The van der Waals surface area contributed by atoms with Gasteiger partial charge in [-0.15, -0.1) is 0 Å². The summed E-state index contributed by atoms with van der Waals surface area (Å²) in [7, 11) is 0. The Balaban J connectivity index is 2.30. The average molecular weight is 230 g/mol. The highest BCUT2D eigenvalue weighted by Gasteiger charge is 2.20. The van der Waals surface area contributed by atoms with Crippen molar-refractivity contribution in [3.05, 3.63) is 0 Å². The van der Waals surface area contributed by atoms with Gasteiger partial charge in [0.05, 0.1) is 32.7 Å². The van der Waals surface area contributed by atoms with Crippen molar-refractivity contribution in [1.82, 2.24) is 10.2 Å². The highest BCUT2D eigenvalue weighted by molar-refractivity contribution is 7.80. The summed E-state index contributed by atoms with van der Waals surface area (Å²) in [5.74, 6) is 0. The molecule has 1 atom stereocenters. The van der Waals surface area contributed by atoms with Gasteiger partial charge >= 0.3 is 0 Å². The number of hydrogen-bond donors (Lipinski definition) is 2. The summed E-state index contributed by atoms with van der Waals surface area (Å²) < 4.78 is 0. The molecule has 0 amide bonds. The van der Waals surface area contributed by atoms with E-state index in [9.17, 15) is 0 Å². The van der Waals surface area contributed by atoms with Crippen LogP contribution < -0.4 is 10.2 Å². The molecule has 1 fully saturated rings. The summed E-state index contributed by atoms with van der Waals surface area (Å²) in [6.45, 7) is 12.5. The van der Waals surface area contributed by atoms with Gasteiger partial charge < -0.3 is 15.1 Å². The second-order valence-electron chi connectivity index (χ2n) is 4.35. The largest absolute Gasteiger partial charge is 0.360 e. The molecular formula is C11H24N3S+. The molecule has 1 heterocycles. The SMILES string of the molecule is CC[C@H](C)NC(=S)N1CC[NH+](CC)CC1. The quantitative estimate of drug-likeness (QED) is 0.660. The number of hydrogen-bond acceptors (Lipinski definition) is 1. The van der Waals surface area contributed by atoms with Crippen LogP contribution in [0.2, 0.25) is 0 Å².